The van der Waals surface area contributed by atoms with Crippen LogP contribution in [0.2, 0.25) is 0 Å². The van der Waals surface area contributed by atoms with Gasteiger partial charge in [-0.1, -0.05) is 40.2 Å². The normalized spacial score (nSPS) is 14.9. The van der Waals surface area contributed by atoms with E-state index in [2.05, 4.69) is 111 Å². The van der Waals surface area contributed by atoms with Crippen molar-refractivity contribution in [3.63, 3.8) is 0 Å². The molecule has 0 unspecified atom stereocenters. The van der Waals surface area contributed by atoms with Crippen LogP contribution in [0.15, 0.2) is 79.6 Å². The van der Waals surface area contributed by atoms with Crippen molar-refractivity contribution >= 4 is 130 Å². The summed E-state index contributed by atoms with van der Waals surface area (Å²) in [7, 11) is 0. The molecule has 53 heteroatoms. The Kier molecular flexibility index (Phi) is 39.0. The van der Waals surface area contributed by atoms with E-state index in [1.54, 1.807) is 6.92 Å². The van der Waals surface area contributed by atoms with Crippen molar-refractivity contribution in [3.8, 4) is 23.0 Å². The predicted octanol–water partition coefficient (Wildman–Crippen LogP) is -6.16. The number of benzene rings is 3. The Morgan fingerprint density at radius 1 is 0.460 bits per heavy atom. The number of guanidine groups is 1. The Morgan fingerprint density at radius 2 is 0.912 bits per heavy atom. The summed E-state index contributed by atoms with van der Waals surface area (Å²) in [6.07, 6.45) is -0.193. The van der Waals surface area contributed by atoms with Gasteiger partial charge in [-0.15, -0.1) is 0 Å². The Hall–Kier alpha value is -16.6. The number of imidazole rings is 2. The first-order valence-corrected chi connectivity index (χ1v) is 42.9. The first-order chi connectivity index (χ1) is 64.6. The van der Waals surface area contributed by atoms with Gasteiger partial charge in [-0.3, -0.25) is 97.1 Å². The van der Waals surface area contributed by atoms with Crippen LogP contribution >= 0.6 is 0 Å². The quantitative estimate of drug-likeness (QED) is 0.00566. The monoisotopic (exact) mass is 1920 g/mol. The molecular weight excluding hydrogens is 1810 g/mol. The number of aromatic nitrogens is 4. The second kappa shape index (κ2) is 49.8. The van der Waals surface area contributed by atoms with Gasteiger partial charge >= 0.3 is 29.9 Å². The molecule has 0 saturated heterocycles. The van der Waals surface area contributed by atoms with Crippen LogP contribution in [0.4, 0.5) is 4.79 Å². The smallest absolute Gasteiger partial charge is 0.340 e. The van der Waals surface area contributed by atoms with E-state index < -0.39 is 278 Å². The van der Waals surface area contributed by atoms with E-state index >= 15 is 0 Å². The first-order valence-electron chi connectivity index (χ1n) is 42.9. The lowest BCUT2D eigenvalue weighted by Crippen LogP contribution is -2.61. The standard InChI is InChI=1S/C84H111N25O28/c1-9-37(4)66(79(131)105-57(30-61(86)113)76(128)102-52(19-22-63(115)116)73(125)95-38(5)67(119)92-33-62(114)99-54(80(132)133)11-10-24-91-82(87)88)107-74(126)53(20-23-64(117)118)100-68(120)39(6)97-75(127)55(26-43-31-89-34-93-43)103-69(121)41(8)98-83(135)109-108-77(129)56(27-44-32-90-35-94-44)104-78(130)65(36(2)3)106-70(122)40(7)96-72(124)51(18-21-60(85)112)101-71(123)42-12-15-48-47(25-42)81(134)137-84(48)49-16-13-45(110)28-58(49)136-59-29-46(111)14-17-50(59)84/h12-17,25,28-29,31-32,34-41,51-57,65-66,110-111H,9-11,18-24,26-27,30,33H2,1-8H3,(H2,85,112)(H2,86,113)(H,89,93)(H,90,94)(H,92,119)(H,95,125)(H,96,124)(H,97,127)(H,99,114)(H,100,120)(H,101,123)(H,102,128)(H,103,121)(H,104,130)(H,105,131)(H,106,122)(H,107,126)(H,108,129)(H,115,116)(H,117,118)(H,132,133)(H4,87,88,91)(H2,98,109,135)/t37-,38-,39-,40-,41-,51-,52-,53-,54-,55-,56-,57-,65-,66-/m0/s1. The number of nitrogens with two attached hydrogens (primary N) is 3. The van der Waals surface area contributed by atoms with Gasteiger partial charge in [0.1, 0.15) is 102 Å². The Balaban J connectivity index is 0.941. The van der Waals surface area contributed by atoms with Gasteiger partial charge in [0.25, 0.3) is 11.8 Å². The lowest BCUT2D eigenvalue weighted by Gasteiger charge is -2.36. The summed E-state index contributed by atoms with van der Waals surface area (Å²) in [6.45, 7) is 10.0. The molecule has 14 atom stereocenters. The molecule has 31 N–H and O–H groups in total. The van der Waals surface area contributed by atoms with Gasteiger partial charge in [-0.25, -0.2) is 29.8 Å². The number of aliphatic carboxylic acids is 3. The van der Waals surface area contributed by atoms with E-state index in [1.165, 1.54) is 107 Å². The molecule has 18 amide bonds. The van der Waals surface area contributed by atoms with Gasteiger partial charge in [0.2, 0.25) is 82.7 Å². The Labute approximate surface area is 779 Å². The van der Waals surface area contributed by atoms with Crippen molar-refractivity contribution in [1.82, 2.24) is 111 Å². The van der Waals surface area contributed by atoms with Gasteiger partial charge in [0.15, 0.2) is 11.6 Å². The number of hydrogen-bond donors (Lipinski definition) is 28. The van der Waals surface area contributed by atoms with Crippen LogP contribution in [0.1, 0.15) is 168 Å². The molecule has 5 aromatic rings. The van der Waals surface area contributed by atoms with Crippen molar-refractivity contribution in [2.45, 2.75) is 217 Å². The highest BCUT2D eigenvalue weighted by Crippen LogP contribution is 2.57. The number of amides is 18. The number of carbonyl (C=O) groups is 21. The van der Waals surface area contributed by atoms with Crippen LogP contribution in [0.5, 0.6) is 23.0 Å². The number of aromatic amines is 2. The summed E-state index contributed by atoms with van der Waals surface area (Å²) in [5.41, 5.74) is 19.6. The lowest BCUT2D eigenvalue weighted by molar-refractivity contribution is -0.142. The van der Waals surface area contributed by atoms with Gasteiger partial charge in [-0.2, -0.15) is 0 Å². The van der Waals surface area contributed by atoms with E-state index in [-0.39, 0.29) is 89.3 Å². The number of primary amides is 2. The molecular formula is C84H111N25O28. The minimum absolute atomic E-state index is 0.0819. The molecule has 0 bridgehead atoms. The number of carboxylic acids is 3. The Bertz CT molecular complexity index is 5310. The maximum absolute atomic E-state index is 14.3. The van der Waals surface area contributed by atoms with Crippen LogP contribution in [0.25, 0.3) is 0 Å². The van der Waals surface area contributed by atoms with Gasteiger partial charge in [0.05, 0.1) is 42.6 Å². The number of H-pyrrole nitrogens is 2. The molecule has 1 spiro atoms. The predicted molar refractivity (Wildman–Crippen MR) is 471 cm³/mol. The number of nitrogens with zero attached hydrogens (tertiary/aromatic N) is 2. The number of ether oxygens (including phenoxy) is 2. The zero-order chi connectivity index (χ0) is 102. The number of nitrogens with one attached hydrogen (secondary N) is 20. The number of urea groups is 1. The van der Waals surface area contributed by atoms with Gasteiger partial charge in [-0.05, 0) is 108 Å². The van der Waals surface area contributed by atoms with Gasteiger partial charge < -0.3 is 142 Å². The molecule has 0 fully saturated rings. The van der Waals surface area contributed by atoms with Crippen LogP contribution < -0.4 is 113 Å². The zero-order valence-electron chi connectivity index (χ0n) is 75.3. The number of phenols is 2. The summed E-state index contributed by atoms with van der Waals surface area (Å²) in [6, 6.07) is -10.3. The zero-order valence-corrected chi connectivity index (χ0v) is 75.3. The Morgan fingerprint density at radius 3 is 1.42 bits per heavy atom. The largest absolute Gasteiger partial charge is 0.508 e. The highest BCUT2D eigenvalue weighted by molar-refractivity contribution is 6.05. The minimum atomic E-state index is -1.99. The molecule has 0 aliphatic carbocycles. The molecule has 2 aliphatic heterocycles. The average molecular weight is 1920 g/mol. The van der Waals surface area contributed by atoms with Crippen molar-refractivity contribution in [3.05, 3.63) is 119 Å². The number of hydrazine groups is 1. The molecule has 4 heterocycles. The third-order valence-electron chi connectivity index (χ3n) is 21.5. The molecule has 7 rings (SSSR count). The molecule has 2 aromatic heterocycles. The number of hydrogen-bond acceptors (Lipinski definition) is 28. The number of carboxylic acid groups (broad SMARTS) is 3. The second-order valence-corrected chi connectivity index (χ2v) is 32.5. The third-order valence-corrected chi connectivity index (χ3v) is 21.5. The lowest BCUT2D eigenvalue weighted by atomic mass is 9.77. The molecule has 740 valence electrons. The van der Waals surface area contributed by atoms with Crippen molar-refractivity contribution in [2.75, 3.05) is 13.1 Å². The molecule has 0 saturated carbocycles. The van der Waals surface area contributed by atoms with Crippen LogP contribution in [0, 0.1) is 17.2 Å². The fraction of sp³-hybridized carbons (Fsp3) is 0.452. The van der Waals surface area contributed by atoms with E-state index in [0.29, 0.717) is 11.1 Å². The fourth-order valence-corrected chi connectivity index (χ4v) is 13.9. The molecule has 3 aromatic carbocycles. The number of carbonyl (C=O) groups excluding carboxylic acids is 18. The van der Waals surface area contributed by atoms with E-state index in [4.69, 9.17) is 32.1 Å². The van der Waals surface area contributed by atoms with Crippen LogP contribution in [-0.2, 0) is 109 Å². The summed E-state index contributed by atoms with van der Waals surface area (Å²) >= 11 is 0. The number of esters is 1. The van der Waals surface area contributed by atoms with Gasteiger partial charge in [0, 0.05) is 85.4 Å². The first kappa shape index (κ1) is 107. The maximum Gasteiger partial charge on any atom is 0.340 e. The van der Waals surface area contributed by atoms with Crippen molar-refractivity contribution < 1.29 is 136 Å². The molecule has 137 heavy (non-hydrogen) atoms. The molecule has 0 radical (unpaired) electrons. The average Bonchev–Trinajstić information content (AvgIpc) is 1.57. The highest BCUT2D eigenvalue weighted by Gasteiger charge is 2.54. The SMILES string of the molecule is CC[C@H](C)[C@H](NC(=O)[C@H](CCC(=O)O)NC(=O)[C@H](C)NC(=O)[C@H](Cc1c[nH]cn1)NC(=O)[C@H](C)NC(=O)NNC(=O)[C@H](Cc1c[nH]cn1)NC(=O)[C@@H](NC(=O)[C@H](C)NC(=O)[C@H](CCC(N)=O)NC(=O)c1ccc2c(c1)C(=O)OC21c2ccc(O)cc2Oc2cc(O)ccc21)C(C)C)C(=O)N[C@@H](CC(N)=O)C(=O)N[C@@H](CCC(=O)O)C(=O)N[C@@H](C)C(=O)NCC(=O)N[C@@H](CCCNC(=N)N)C(=O)O. The number of aromatic hydroxyl groups is 2. The minimum Gasteiger partial charge on any atom is -0.508 e. The van der Waals surface area contributed by atoms with E-state index in [0.717, 1.165) is 20.8 Å². The number of fused-ring (bicyclic) bond motifs is 6. The fourth-order valence-electron chi connectivity index (χ4n) is 13.9. The molecule has 2 aliphatic rings. The second-order valence-electron chi connectivity index (χ2n) is 32.5. The van der Waals surface area contributed by atoms with Crippen molar-refractivity contribution in [2.24, 2.45) is 29.0 Å². The molecule has 53 nitrogen and oxygen atoms in total. The summed E-state index contributed by atoms with van der Waals surface area (Å²) in [5.74, 6) is -24.7. The topological polar surface area (TPSA) is 842 Å². The third kappa shape index (κ3) is 31.3. The van der Waals surface area contributed by atoms with E-state index in [9.17, 15) is 126 Å². The van der Waals surface area contributed by atoms with E-state index in [1.807, 2.05) is 0 Å². The summed E-state index contributed by atoms with van der Waals surface area (Å²) in [5, 5.41) is 92.0. The summed E-state index contributed by atoms with van der Waals surface area (Å²) in [4.78, 5) is 295. The summed E-state index contributed by atoms with van der Waals surface area (Å²) < 4.78 is 12.1. The van der Waals surface area contributed by atoms with Crippen LogP contribution in [-0.4, -0.2) is 267 Å². The van der Waals surface area contributed by atoms with Crippen molar-refractivity contribution in [1.29, 1.82) is 5.41 Å². The maximum atomic E-state index is 14.3. The number of phenolic OH excluding ortho intramolecular Hbond substituents is 2. The highest BCUT2D eigenvalue weighted by atomic mass is 16.6. The van der Waals surface area contributed by atoms with Crippen LogP contribution in [0.3, 0.4) is 0 Å². The number of rotatable bonds is 51.